The molecule has 0 fully saturated rings. The van der Waals surface area contributed by atoms with Crippen LogP contribution in [0.3, 0.4) is 0 Å². The second-order valence-corrected chi connectivity index (χ2v) is 7.15. The first-order valence-corrected chi connectivity index (χ1v) is 8.42. The molecule has 1 aliphatic rings. The van der Waals surface area contributed by atoms with Gasteiger partial charge in [-0.1, -0.05) is 13.8 Å². The number of fused-ring (bicyclic) bond motifs is 1. The van der Waals surface area contributed by atoms with Crippen LogP contribution >= 0.6 is 11.3 Å². The predicted molar refractivity (Wildman–Crippen MR) is 84.4 cm³/mol. The number of urea groups is 1. The smallest absolute Gasteiger partial charge is 0.321 e. The molecule has 1 aliphatic carbocycles. The summed E-state index contributed by atoms with van der Waals surface area (Å²) < 4.78 is 0. The highest BCUT2D eigenvalue weighted by molar-refractivity contribution is 7.15. The molecule has 0 bridgehead atoms. The minimum atomic E-state index is -0.132. The number of carbonyl (C=O) groups is 1. The minimum Gasteiger partial charge on any atom is -0.335 e. The molecule has 1 heterocycles. The fraction of sp³-hybridized carbons (Fsp3) is 0.733. The molecule has 1 aromatic rings. The van der Waals surface area contributed by atoms with E-state index in [0.717, 1.165) is 30.8 Å². The first-order valence-electron chi connectivity index (χ1n) is 7.60. The number of aryl methyl sites for hydroxylation is 2. The van der Waals surface area contributed by atoms with Crippen molar-refractivity contribution in [1.82, 2.24) is 10.3 Å². The Hall–Kier alpha value is -1.10. The number of anilines is 1. The Morgan fingerprint density at radius 1 is 1.25 bits per heavy atom. The number of rotatable bonds is 5. The Labute approximate surface area is 125 Å². The molecular weight excluding hydrogens is 270 g/mol. The van der Waals surface area contributed by atoms with Gasteiger partial charge in [-0.05, 0) is 51.4 Å². The Morgan fingerprint density at radius 3 is 2.70 bits per heavy atom. The van der Waals surface area contributed by atoms with Gasteiger partial charge in [-0.15, -0.1) is 11.3 Å². The van der Waals surface area contributed by atoms with Gasteiger partial charge in [0.1, 0.15) is 0 Å². The van der Waals surface area contributed by atoms with Gasteiger partial charge in [0.25, 0.3) is 0 Å². The van der Waals surface area contributed by atoms with E-state index in [1.54, 1.807) is 11.3 Å². The molecule has 4 nitrogen and oxygen atoms in total. The van der Waals surface area contributed by atoms with Gasteiger partial charge in [-0.2, -0.15) is 0 Å². The van der Waals surface area contributed by atoms with Crippen LogP contribution in [0.5, 0.6) is 0 Å². The molecule has 5 heteroatoms. The first-order chi connectivity index (χ1) is 9.54. The van der Waals surface area contributed by atoms with E-state index in [2.05, 4.69) is 36.4 Å². The zero-order chi connectivity index (χ0) is 14.5. The molecule has 0 aromatic carbocycles. The third-order valence-electron chi connectivity index (χ3n) is 3.62. The van der Waals surface area contributed by atoms with Crippen LogP contribution in [0, 0.1) is 5.92 Å². The second-order valence-electron chi connectivity index (χ2n) is 6.07. The zero-order valence-corrected chi connectivity index (χ0v) is 13.5. The normalized spacial score (nSPS) is 15.8. The van der Waals surface area contributed by atoms with Gasteiger partial charge in [-0.3, -0.25) is 5.32 Å². The van der Waals surface area contributed by atoms with Gasteiger partial charge in [0.05, 0.1) is 5.69 Å². The van der Waals surface area contributed by atoms with Crippen molar-refractivity contribution in [3.63, 3.8) is 0 Å². The van der Waals surface area contributed by atoms with Gasteiger partial charge in [0.15, 0.2) is 5.13 Å². The van der Waals surface area contributed by atoms with Crippen LogP contribution in [-0.4, -0.2) is 17.1 Å². The largest absolute Gasteiger partial charge is 0.335 e. The fourth-order valence-electron chi connectivity index (χ4n) is 2.42. The number of hydrogen-bond acceptors (Lipinski definition) is 3. The van der Waals surface area contributed by atoms with Crippen molar-refractivity contribution in [1.29, 1.82) is 0 Å². The van der Waals surface area contributed by atoms with E-state index in [9.17, 15) is 4.79 Å². The fourth-order valence-corrected chi connectivity index (χ4v) is 3.46. The highest BCUT2D eigenvalue weighted by Gasteiger charge is 2.16. The molecule has 0 aliphatic heterocycles. The summed E-state index contributed by atoms with van der Waals surface area (Å²) in [5.74, 6) is 0.674. The third kappa shape index (κ3) is 4.47. The summed E-state index contributed by atoms with van der Waals surface area (Å²) in [6.07, 6.45) is 6.77. The Morgan fingerprint density at radius 2 is 2.00 bits per heavy atom. The summed E-state index contributed by atoms with van der Waals surface area (Å²) in [6.45, 7) is 6.45. The third-order valence-corrected chi connectivity index (χ3v) is 4.69. The summed E-state index contributed by atoms with van der Waals surface area (Å²) in [5.41, 5.74) is 1.18. The summed E-state index contributed by atoms with van der Waals surface area (Å²) in [7, 11) is 0. The van der Waals surface area contributed by atoms with E-state index in [0.29, 0.717) is 5.92 Å². The minimum absolute atomic E-state index is 0.132. The van der Waals surface area contributed by atoms with Crippen molar-refractivity contribution in [2.75, 3.05) is 5.32 Å². The lowest BCUT2D eigenvalue weighted by Crippen LogP contribution is -2.36. The lowest BCUT2D eigenvalue weighted by atomic mass is 10.0. The van der Waals surface area contributed by atoms with Crippen molar-refractivity contribution >= 4 is 22.5 Å². The molecule has 2 N–H and O–H groups in total. The molecule has 0 radical (unpaired) electrons. The predicted octanol–water partition coefficient (Wildman–Crippen LogP) is 3.97. The number of aromatic nitrogens is 1. The van der Waals surface area contributed by atoms with Crippen molar-refractivity contribution in [3.8, 4) is 0 Å². The molecule has 1 unspecified atom stereocenters. The van der Waals surface area contributed by atoms with Crippen LogP contribution < -0.4 is 10.6 Å². The molecule has 112 valence electrons. The molecular formula is C15H25N3OS. The molecule has 2 amide bonds. The number of amides is 2. The topological polar surface area (TPSA) is 54.0 Å². The maximum absolute atomic E-state index is 11.9. The lowest BCUT2D eigenvalue weighted by Gasteiger charge is -2.14. The Kier molecular flexibility index (Phi) is 5.40. The van der Waals surface area contributed by atoms with Crippen LogP contribution in [0.1, 0.15) is 57.0 Å². The number of nitrogens with one attached hydrogen (secondary N) is 2. The lowest BCUT2D eigenvalue weighted by molar-refractivity contribution is 0.248. The van der Waals surface area contributed by atoms with E-state index >= 15 is 0 Å². The van der Waals surface area contributed by atoms with Crippen molar-refractivity contribution < 1.29 is 4.79 Å². The zero-order valence-electron chi connectivity index (χ0n) is 12.7. The van der Waals surface area contributed by atoms with E-state index < -0.39 is 0 Å². The standard InChI is InChI=1S/C15H25N3OS/c1-10(2)8-9-11(3)16-14(19)18-15-17-12-6-4-5-7-13(12)20-15/h10-11H,4-9H2,1-3H3,(H2,16,17,18,19). The van der Waals surface area contributed by atoms with Gasteiger partial charge in [0.2, 0.25) is 0 Å². The summed E-state index contributed by atoms with van der Waals surface area (Å²) >= 11 is 1.63. The van der Waals surface area contributed by atoms with Crippen LogP contribution in [0.4, 0.5) is 9.93 Å². The Bertz CT molecular complexity index is 432. The summed E-state index contributed by atoms with van der Waals surface area (Å²) in [4.78, 5) is 17.8. The molecule has 0 spiro atoms. The highest BCUT2D eigenvalue weighted by atomic mass is 32.1. The van der Waals surface area contributed by atoms with E-state index in [-0.39, 0.29) is 12.1 Å². The van der Waals surface area contributed by atoms with E-state index in [4.69, 9.17) is 0 Å². The number of thiazole rings is 1. The van der Waals surface area contributed by atoms with Crippen LogP contribution in [0.2, 0.25) is 0 Å². The Balaban J connectivity index is 1.80. The SMILES string of the molecule is CC(C)CCC(C)NC(=O)Nc1nc2c(s1)CCCC2. The number of carbonyl (C=O) groups excluding carboxylic acids is 1. The molecule has 2 rings (SSSR count). The van der Waals surface area contributed by atoms with Crippen molar-refractivity contribution in [3.05, 3.63) is 10.6 Å². The van der Waals surface area contributed by atoms with Crippen LogP contribution in [0.25, 0.3) is 0 Å². The molecule has 1 atom stereocenters. The van der Waals surface area contributed by atoms with Crippen LogP contribution in [-0.2, 0) is 12.8 Å². The summed E-state index contributed by atoms with van der Waals surface area (Å²) in [6, 6.07) is 0.0688. The van der Waals surface area contributed by atoms with Gasteiger partial charge >= 0.3 is 6.03 Å². The van der Waals surface area contributed by atoms with Crippen molar-refractivity contribution in [2.24, 2.45) is 5.92 Å². The number of nitrogens with zero attached hydrogens (tertiary/aromatic N) is 1. The van der Waals surface area contributed by atoms with Gasteiger partial charge in [-0.25, -0.2) is 9.78 Å². The maximum Gasteiger partial charge on any atom is 0.321 e. The average molecular weight is 295 g/mol. The first kappa shape index (κ1) is 15.3. The average Bonchev–Trinajstić information content (AvgIpc) is 2.78. The highest BCUT2D eigenvalue weighted by Crippen LogP contribution is 2.29. The van der Waals surface area contributed by atoms with Gasteiger partial charge < -0.3 is 5.32 Å². The molecule has 0 saturated heterocycles. The molecule has 0 saturated carbocycles. The van der Waals surface area contributed by atoms with E-state index in [1.807, 2.05) is 0 Å². The second kappa shape index (κ2) is 7.07. The monoisotopic (exact) mass is 295 g/mol. The summed E-state index contributed by atoms with van der Waals surface area (Å²) in [5, 5.41) is 6.60. The van der Waals surface area contributed by atoms with Gasteiger partial charge in [0, 0.05) is 10.9 Å². The van der Waals surface area contributed by atoms with Crippen LogP contribution in [0.15, 0.2) is 0 Å². The molecule has 20 heavy (non-hydrogen) atoms. The van der Waals surface area contributed by atoms with E-state index in [1.165, 1.54) is 23.4 Å². The quantitative estimate of drug-likeness (QED) is 0.863. The molecule has 1 aromatic heterocycles. The number of hydrogen-bond donors (Lipinski definition) is 2. The van der Waals surface area contributed by atoms with Crippen molar-refractivity contribution in [2.45, 2.75) is 65.3 Å². The maximum atomic E-state index is 11.9.